The number of unbranched alkanes of at least 4 members (excludes halogenated alkanes) is 1. The van der Waals surface area contributed by atoms with Gasteiger partial charge >= 0.3 is 5.97 Å². The molecule has 5 heteroatoms. The van der Waals surface area contributed by atoms with Crippen LogP contribution in [0, 0.1) is 0 Å². The summed E-state index contributed by atoms with van der Waals surface area (Å²) in [6.45, 7) is 4.45. The van der Waals surface area contributed by atoms with Gasteiger partial charge in [-0.3, -0.25) is 0 Å². The molecule has 1 heterocycles. The highest BCUT2D eigenvalue weighted by molar-refractivity contribution is 7.13. The van der Waals surface area contributed by atoms with Crippen molar-refractivity contribution in [1.82, 2.24) is 4.98 Å². The fourth-order valence-electron chi connectivity index (χ4n) is 1.26. The second-order valence-electron chi connectivity index (χ2n) is 3.61. The summed E-state index contributed by atoms with van der Waals surface area (Å²) in [5.41, 5.74) is 6.71. The van der Waals surface area contributed by atoms with Crippen LogP contribution in [0.1, 0.15) is 38.8 Å². The standard InChI is InChI=1S/C12H18N2O2S/c1-3-5-6-9(11(15)16-7-4-2)10-8-17-12(13)14-10/h6,8H,3-5,7H2,1-2H3,(H2,13,14)/b9-6-. The maximum Gasteiger partial charge on any atom is 0.340 e. The summed E-state index contributed by atoms with van der Waals surface area (Å²) in [4.78, 5) is 16.0. The zero-order chi connectivity index (χ0) is 12.7. The fraction of sp³-hybridized carbons (Fsp3) is 0.500. The molecule has 0 aliphatic heterocycles. The number of hydrogen-bond donors (Lipinski definition) is 1. The summed E-state index contributed by atoms with van der Waals surface area (Å²) in [7, 11) is 0. The number of allylic oxidation sites excluding steroid dienone is 1. The Morgan fingerprint density at radius 1 is 1.53 bits per heavy atom. The van der Waals surface area contributed by atoms with Crippen molar-refractivity contribution in [2.75, 3.05) is 12.3 Å². The van der Waals surface area contributed by atoms with Crippen molar-refractivity contribution in [2.24, 2.45) is 0 Å². The molecule has 4 nitrogen and oxygen atoms in total. The molecule has 1 aromatic rings. The van der Waals surface area contributed by atoms with E-state index >= 15 is 0 Å². The topological polar surface area (TPSA) is 65.2 Å². The van der Waals surface area contributed by atoms with E-state index in [0.29, 0.717) is 23.0 Å². The number of hydrogen-bond acceptors (Lipinski definition) is 5. The van der Waals surface area contributed by atoms with Gasteiger partial charge < -0.3 is 10.5 Å². The van der Waals surface area contributed by atoms with E-state index in [1.807, 2.05) is 13.0 Å². The van der Waals surface area contributed by atoms with Gasteiger partial charge in [-0.25, -0.2) is 9.78 Å². The number of carbonyl (C=O) groups is 1. The van der Waals surface area contributed by atoms with Crippen LogP contribution in [0.3, 0.4) is 0 Å². The van der Waals surface area contributed by atoms with Crippen molar-refractivity contribution in [2.45, 2.75) is 33.1 Å². The third-order valence-corrected chi connectivity index (χ3v) is 2.77. The number of ether oxygens (including phenoxy) is 1. The Bertz CT molecular complexity index is 399. The molecule has 0 unspecified atom stereocenters. The summed E-state index contributed by atoms with van der Waals surface area (Å²) in [6.07, 6.45) is 4.48. The third-order valence-electron chi connectivity index (χ3n) is 2.09. The Labute approximate surface area is 106 Å². The Morgan fingerprint density at radius 3 is 2.82 bits per heavy atom. The highest BCUT2D eigenvalue weighted by Crippen LogP contribution is 2.21. The average Bonchev–Trinajstić information content (AvgIpc) is 2.73. The van der Waals surface area contributed by atoms with Crippen LogP contribution in [0.5, 0.6) is 0 Å². The molecule has 17 heavy (non-hydrogen) atoms. The molecule has 0 radical (unpaired) electrons. The summed E-state index contributed by atoms with van der Waals surface area (Å²) in [5.74, 6) is -0.314. The number of carbonyl (C=O) groups excluding carboxylic acids is 1. The third kappa shape index (κ3) is 4.19. The van der Waals surface area contributed by atoms with E-state index in [-0.39, 0.29) is 5.97 Å². The first-order valence-electron chi connectivity index (χ1n) is 5.77. The molecule has 2 N–H and O–H groups in total. The van der Waals surface area contributed by atoms with Gasteiger partial charge in [0.1, 0.15) is 0 Å². The Balaban J connectivity index is 2.84. The first kappa shape index (κ1) is 13.7. The zero-order valence-corrected chi connectivity index (χ0v) is 11.0. The lowest BCUT2D eigenvalue weighted by Gasteiger charge is -2.05. The van der Waals surface area contributed by atoms with Crippen molar-refractivity contribution >= 4 is 28.0 Å². The smallest absolute Gasteiger partial charge is 0.340 e. The first-order chi connectivity index (χ1) is 8.19. The highest BCUT2D eigenvalue weighted by Gasteiger charge is 2.15. The summed E-state index contributed by atoms with van der Waals surface area (Å²) in [5, 5.41) is 2.25. The van der Waals surface area contributed by atoms with Gasteiger partial charge in [0.05, 0.1) is 17.9 Å². The molecule has 0 saturated heterocycles. The quantitative estimate of drug-likeness (QED) is 0.626. The monoisotopic (exact) mass is 254 g/mol. The zero-order valence-electron chi connectivity index (χ0n) is 10.2. The van der Waals surface area contributed by atoms with Crippen LogP contribution in [-0.2, 0) is 9.53 Å². The largest absolute Gasteiger partial charge is 0.462 e. The molecule has 0 fully saturated rings. The minimum absolute atomic E-state index is 0.314. The number of nitrogens with zero attached hydrogens (tertiary/aromatic N) is 1. The molecule has 0 aromatic carbocycles. The van der Waals surface area contributed by atoms with Crippen LogP contribution >= 0.6 is 11.3 Å². The van der Waals surface area contributed by atoms with E-state index in [4.69, 9.17) is 10.5 Å². The molecule has 0 saturated carbocycles. The molecule has 1 aromatic heterocycles. The minimum atomic E-state index is -0.314. The van der Waals surface area contributed by atoms with E-state index in [2.05, 4.69) is 11.9 Å². The maximum absolute atomic E-state index is 11.9. The molecule has 0 aliphatic carbocycles. The van der Waals surface area contributed by atoms with Gasteiger partial charge in [0, 0.05) is 5.38 Å². The molecule has 94 valence electrons. The van der Waals surface area contributed by atoms with Crippen LogP contribution in [0.2, 0.25) is 0 Å². The van der Waals surface area contributed by atoms with Crippen LogP contribution in [0.15, 0.2) is 11.5 Å². The van der Waals surface area contributed by atoms with E-state index in [1.165, 1.54) is 11.3 Å². The minimum Gasteiger partial charge on any atom is -0.462 e. The van der Waals surface area contributed by atoms with E-state index < -0.39 is 0 Å². The van der Waals surface area contributed by atoms with Gasteiger partial charge in [-0.2, -0.15) is 0 Å². The van der Waals surface area contributed by atoms with Gasteiger partial charge in [0.25, 0.3) is 0 Å². The van der Waals surface area contributed by atoms with Gasteiger partial charge in [-0.15, -0.1) is 11.3 Å². The van der Waals surface area contributed by atoms with Crippen molar-refractivity contribution < 1.29 is 9.53 Å². The van der Waals surface area contributed by atoms with Gasteiger partial charge in [-0.1, -0.05) is 26.3 Å². The van der Waals surface area contributed by atoms with Crippen molar-refractivity contribution in [3.8, 4) is 0 Å². The number of aromatic nitrogens is 1. The maximum atomic E-state index is 11.9. The van der Waals surface area contributed by atoms with Crippen LogP contribution in [0.4, 0.5) is 5.13 Å². The second kappa shape index (κ2) is 7.06. The van der Waals surface area contributed by atoms with E-state index in [9.17, 15) is 4.79 Å². The fourth-order valence-corrected chi connectivity index (χ4v) is 1.83. The molecule has 0 atom stereocenters. The predicted octanol–water partition coefficient (Wildman–Crippen LogP) is 2.86. The predicted molar refractivity (Wildman–Crippen MR) is 70.7 cm³/mol. The molecular weight excluding hydrogens is 236 g/mol. The number of nitrogens with two attached hydrogens (primary N) is 1. The Morgan fingerprint density at radius 2 is 2.29 bits per heavy atom. The average molecular weight is 254 g/mol. The van der Waals surface area contributed by atoms with Gasteiger partial charge in [0.2, 0.25) is 0 Å². The van der Waals surface area contributed by atoms with Crippen molar-refractivity contribution in [3.05, 3.63) is 17.2 Å². The SMILES string of the molecule is CCC/C=C(\C(=O)OCCC)c1csc(N)n1. The lowest BCUT2D eigenvalue weighted by Crippen LogP contribution is -2.08. The summed E-state index contributed by atoms with van der Waals surface area (Å²) >= 11 is 1.33. The number of nitrogen functional groups attached to an aromatic ring is 1. The molecule has 0 amide bonds. The second-order valence-corrected chi connectivity index (χ2v) is 4.50. The number of anilines is 1. The van der Waals surface area contributed by atoms with E-state index in [1.54, 1.807) is 5.38 Å². The van der Waals surface area contributed by atoms with E-state index in [0.717, 1.165) is 19.3 Å². The van der Waals surface area contributed by atoms with Gasteiger partial charge in [-0.05, 0) is 12.8 Å². The molecule has 0 bridgehead atoms. The van der Waals surface area contributed by atoms with Crippen LogP contribution in [0.25, 0.3) is 5.57 Å². The lowest BCUT2D eigenvalue weighted by atomic mass is 10.1. The first-order valence-corrected chi connectivity index (χ1v) is 6.65. The summed E-state index contributed by atoms with van der Waals surface area (Å²) in [6, 6.07) is 0. The normalized spacial score (nSPS) is 11.5. The molecule has 0 aliphatic rings. The van der Waals surface area contributed by atoms with Crippen molar-refractivity contribution in [3.63, 3.8) is 0 Å². The Hall–Kier alpha value is -1.36. The molecule has 0 spiro atoms. The van der Waals surface area contributed by atoms with Gasteiger partial charge in [0.15, 0.2) is 5.13 Å². The number of rotatable bonds is 6. The highest BCUT2D eigenvalue weighted by atomic mass is 32.1. The van der Waals surface area contributed by atoms with Crippen molar-refractivity contribution in [1.29, 1.82) is 0 Å². The van der Waals surface area contributed by atoms with Crippen LogP contribution in [-0.4, -0.2) is 17.6 Å². The molecular formula is C12H18N2O2S. The number of thiazole rings is 1. The lowest BCUT2D eigenvalue weighted by molar-refractivity contribution is -0.136. The Kier molecular flexibility index (Phi) is 5.69. The number of esters is 1. The molecule has 1 rings (SSSR count). The van der Waals surface area contributed by atoms with Crippen LogP contribution < -0.4 is 5.73 Å². The summed E-state index contributed by atoms with van der Waals surface area (Å²) < 4.78 is 5.13.